The van der Waals surface area contributed by atoms with Crippen molar-refractivity contribution in [3.05, 3.63) is 40.2 Å². The SMILES string of the molecule is O=c1cc(C2CC2)[nH]c2c(OC(F)F)cccc12. The molecule has 1 aliphatic carbocycles. The molecule has 0 unspecified atom stereocenters. The molecule has 1 aromatic carbocycles. The number of aromatic nitrogens is 1. The number of ether oxygens (including phenoxy) is 1. The van der Waals surface area contributed by atoms with Crippen molar-refractivity contribution in [2.24, 2.45) is 0 Å². The van der Waals surface area contributed by atoms with Gasteiger partial charge in [0, 0.05) is 17.1 Å². The lowest BCUT2D eigenvalue weighted by Gasteiger charge is -2.09. The monoisotopic (exact) mass is 251 g/mol. The molecule has 18 heavy (non-hydrogen) atoms. The van der Waals surface area contributed by atoms with E-state index in [1.54, 1.807) is 12.1 Å². The third kappa shape index (κ3) is 1.96. The van der Waals surface area contributed by atoms with Crippen LogP contribution >= 0.6 is 0 Å². The van der Waals surface area contributed by atoms with E-state index in [4.69, 9.17) is 0 Å². The number of nitrogens with one attached hydrogen (secondary N) is 1. The molecule has 0 atom stereocenters. The summed E-state index contributed by atoms with van der Waals surface area (Å²) in [6, 6.07) is 6.11. The molecular weight excluding hydrogens is 240 g/mol. The Balaban J connectivity index is 2.20. The van der Waals surface area contributed by atoms with Crippen LogP contribution in [0.2, 0.25) is 0 Å². The number of fused-ring (bicyclic) bond motifs is 1. The molecule has 0 bridgehead atoms. The lowest BCUT2D eigenvalue weighted by atomic mass is 10.1. The number of pyridine rings is 1. The summed E-state index contributed by atoms with van der Waals surface area (Å²) in [7, 11) is 0. The normalized spacial score (nSPS) is 15.3. The number of H-pyrrole nitrogens is 1. The molecule has 1 N–H and O–H groups in total. The average Bonchev–Trinajstić information content (AvgIpc) is 3.13. The van der Waals surface area contributed by atoms with Crippen LogP contribution in [0.1, 0.15) is 24.5 Å². The van der Waals surface area contributed by atoms with Crippen LogP contribution in [0, 0.1) is 0 Å². The molecule has 1 fully saturated rings. The molecule has 1 saturated carbocycles. The van der Waals surface area contributed by atoms with Gasteiger partial charge in [-0.15, -0.1) is 0 Å². The Hall–Kier alpha value is -1.91. The minimum atomic E-state index is -2.90. The summed E-state index contributed by atoms with van der Waals surface area (Å²) < 4.78 is 29.0. The summed E-state index contributed by atoms with van der Waals surface area (Å²) >= 11 is 0. The number of aromatic amines is 1. The molecule has 3 nitrogen and oxygen atoms in total. The van der Waals surface area contributed by atoms with Gasteiger partial charge in [0.1, 0.15) is 5.75 Å². The summed E-state index contributed by atoms with van der Waals surface area (Å²) in [6.07, 6.45) is 2.05. The highest BCUT2D eigenvalue weighted by Gasteiger charge is 2.25. The van der Waals surface area contributed by atoms with E-state index in [0.717, 1.165) is 18.5 Å². The first-order valence-electron chi connectivity index (χ1n) is 5.76. The van der Waals surface area contributed by atoms with Crippen LogP contribution < -0.4 is 10.2 Å². The van der Waals surface area contributed by atoms with Crippen molar-refractivity contribution in [3.63, 3.8) is 0 Å². The van der Waals surface area contributed by atoms with E-state index in [1.165, 1.54) is 12.1 Å². The quantitative estimate of drug-likeness (QED) is 0.911. The molecular formula is C13H11F2NO2. The van der Waals surface area contributed by atoms with Gasteiger partial charge in [0.05, 0.1) is 5.52 Å². The highest BCUT2D eigenvalue weighted by atomic mass is 19.3. The van der Waals surface area contributed by atoms with Crippen molar-refractivity contribution in [1.29, 1.82) is 0 Å². The van der Waals surface area contributed by atoms with Crippen molar-refractivity contribution >= 4 is 10.9 Å². The van der Waals surface area contributed by atoms with Gasteiger partial charge in [0.25, 0.3) is 0 Å². The summed E-state index contributed by atoms with van der Waals surface area (Å²) in [5.74, 6) is 0.365. The second-order valence-electron chi connectivity index (χ2n) is 4.42. The van der Waals surface area contributed by atoms with Crippen molar-refractivity contribution in [2.45, 2.75) is 25.4 Å². The Labute approximate surface area is 101 Å². The van der Waals surface area contributed by atoms with Gasteiger partial charge in [-0.25, -0.2) is 0 Å². The zero-order chi connectivity index (χ0) is 12.7. The first kappa shape index (κ1) is 11.2. The largest absolute Gasteiger partial charge is 0.433 e. The third-order valence-corrected chi connectivity index (χ3v) is 3.08. The van der Waals surface area contributed by atoms with E-state index in [9.17, 15) is 13.6 Å². The number of rotatable bonds is 3. The van der Waals surface area contributed by atoms with Gasteiger partial charge < -0.3 is 9.72 Å². The Bertz CT molecular complexity index is 647. The maximum atomic E-state index is 12.3. The van der Waals surface area contributed by atoms with Gasteiger partial charge in [-0.3, -0.25) is 4.79 Å². The van der Waals surface area contributed by atoms with Gasteiger partial charge in [-0.05, 0) is 30.9 Å². The van der Waals surface area contributed by atoms with Gasteiger partial charge in [-0.2, -0.15) is 8.78 Å². The molecule has 2 aromatic rings. The number of alkyl halides is 2. The van der Waals surface area contributed by atoms with Crippen LogP contribution in [-0.2, 0) is 0 Å². The van der Waals surface area contributed by atoms with Crippen LogP contribution in [-0.4, -0.2) is 11.6 Å². The number of hydrogen-bond acceptors (Lipinski definition) is 2. The van der Waals surface area contributed by atoms with Crippen molar-refractivity contribution in [2.75, 3.05) is 0 Å². The second-order valence-corrected chi connectivity index (χ2v) is 4.42. The standard InChI is InChI=1S/C13H11F2NO2/c14-13(15)18-11-3-1-2-8-10(17)6-9(7-4-5-7)16-12(8)11/h1-3,6-7,13H,4-5H2,(H,16,17). The Morgan fingerprint density at radius 2 is 2.11 bits per heavy atom. The fourth-order valence-electron chi connectivity index (χ4n) is 2.07. The molecule has 5 heteroatoms. The van der Waals surface area contributed by atoms with E-state index in [2.05, 4.69) is 9.72 Å². The minimum Gasteiger partial charge on any atom is -0.433 e. The molecule has 0 radical (unpaired) electrons. The summed E-state index contributed by atoms with van der Waals surface area (Å²) in [6.45, 7) is -2.90. The Morgan fingerprint density at radius 1 is 1.33 bits per heavy atom. The van der Waals surface area contributed by atoms with Crippen molar-refractivity contribution < 1.29 is 13.5 Å². The van der Waals surface area contributed by atoms with E-state index in [-0.39, 0.29) is 11.2 Å². The van der Waals surface area contributed by atoms with E-state index in [1.807, 2.05) is 0 Å². The molecule has 0 spiro atoms. The van der Waals surface area contributed by atoms with Gasteiger partial charge in [0.2, 0.25) is 0 Å². The highest BCUT2D eigenvalue weighted by Crippen LogP contribution is 2.39. The molecule has 0 saturated heterocycles. The highest BCUT2D eigenvalue weighted by molar-refractivity contribution is 5.84. The molecule has 1 heterocycles. The predicted molar refractivity (Wildman–Crippen MR) is 63.2 cm³/mol. The fourth-order valence-corrected chi connectivity index (χ4v) is 2.07. The fraction of sp³-hybridized carbons (Fsp3) is 0.308. The molecule has 1 aliphatic rings. The summed E-state index contributed by atoms with van der Waals surface area (Å²) in [4.78, 5) is 15.0. The van der Waals surface area contributed by atoms with Crippen molar-refractivity contribution in [1.82, 2.24) is 4.98 Å². The zero-order valence-electron chi connectivity index (χ0n) is 9.45. The smallest absolute Gasteiger partial charge is 0.387 e. The predicted octanol–water partition coefficient (Wildman–Crippen LogP) is 3.01. The van der Waals surface area contributed by atoms with Crippen LogP contribution in [0.15, 0.2) is 29.1 Å². The molecule has 0 amide bonds. The van der Waals surface area contributed by atoms with Gasteiger partial charge in [0.15, 0.2) is 5.43 Å². The molecule has 3 rings (SSSR count). The first-order valence-corrected chi connectivity index (χ1v) is 5.76. The Kier molecular flexibility index (Phi) is 2.54. The molecule has 94 valence electrons. The summed E-state index contributed by atoms with van der Waals surface area (Å²) in [5.41, 5.74) is 0.996. The van der Waals surface area contributed by atoms with E-state index in [0.29, 0.717) is 16.8 Å². The minimum absolute atomic E-state index is 0.0158. The number of halogens is 2. The van der Waals surface area contributed by atoms with Crippen LogP contribution in [0.3, 0.4) is 0 Å². The molecule has 1 aromatic heterocycles. The van der Waals surface area contributed by atoms with Crippen LogP contribution in [0.5, 0.6) is 5.75 Å². The van der Waals surface area contributed by atoms with E-state index < -0.39 is 6.61 Å². The van der Waals surface area contributed by atoms with Gasteiger partial charge in [-0.1, -0.05) is 6.07 Å². The number of benzene rings is 1. The lowest BCUT2D eigenvalue weighted by molar-refractivity contribution is -0.0489. The maximum absolute atomic E-state index is 12.3. The topological polar surface area (TPSA) is 42.1 Å². The molecule has 0 aliphatic heterocycles. The average molecular weight is 251 g/mol. The zero-order valence-corrected chi connectivity index (χ0v) is 9.45. The first-order chi connectivity index (χ1) is 8.65. The van der Waals surface area contributed by atoms with Gasteiger partial charge >= 0.3 is 6.61 Å². The summed E-state index contributed by atoms with van der Waals surface area (Å²) in [5, 5.41) is 0.373. The van der Waals surface area contributed by atoms with Crippen LogP contribution in [0.25, 0.3) is 10.9 Å². The second kappa shape index (κ2) is 4.08. The Morgan fingerprint density at radius 3 is 2.78 bits per heavy atom. The van der Waals surface area contributed by atoms with Crippen molar-refractivity contribution in [3.8, 4) is 5.75 Å². The lowest BCUT2D eigenvalue weighted by Crippen LogP contribution is -2.08. The third-order valence-electron chi connectivity index (χ3n) is 3.08. The maximum Gasteiger partial charge on any atom is 0.387 e. The number of para-hydroxylation sites is 1. The number of hydrogen-bond donors (Lipinski definition) is 1. The van der Waals surface area contributed by atoms with E-state index >= 15 is 0 Å². The van der Waals surface area contributed by atoms with Crippen LogP contribution in [0.4, 0.5) is 8.78 Å².